The van der Waals surface area contributed by atoms with Crippen LogP contribution in [0, 0.1) is 11.8 Å². The fourth-order valence-electron chi connectivity index (χ4n) is 3.62. The highest BCUT2D eigenvalue weighted by Crippen LogP contribution is 2.29. The molecule has 2 N–H and O–H groups in total. The van der Waals surface area contributed by atoms with Crippen LogP contribution in [0.3, 0.4) is 0 Å². The van der Waals surface area contributed by atoms with Crippen molar-refractivity contribution in [1.29, 1.82) is 0 Å². The molecule has 0 aromatic heterocycles. The van der Waals surface area contributed by atoms with Gasteiger partial charge < -0.3 is 15.3 Å². The third-order valence-electron chi connectivity index (χ3n) is 5.10. The topological polar surface area (TPSA) is 69.6 Å². The molecule has 2 aliphatic rings. The lowest BCUT2D eigenvalue weighted by Gasteiger charge is -2.31. The third kappa shape index (κ3) is 4.35. The van der Waals surface area contributed by atoms with Crippen molar-refractivity contribution in [2.24, 2.45) is 11.8 Å². The quantitative estimate of drug-likeness (QED) is 0.841. The van der Waals surface area contributed by atoms with Crippen LogP contribution < -0.4 is 5.32 Å². The van der Waals surface area contributed by atoms with E-state index in [4.69, 9.17) is 0 Å². The zero-order chi connectivity index (χ0) is 15.2. The molecule has 0 spiro atoms. The lowest BCUT2D eigenvalue weighted by atomic mass is 9.80. The summed E-state index contributed by atoms with van der Waals surface area (Å²) >= 11 is 0. The number of hydrogen-bond donors (Lipinski definition) is 2. The summed E-state index contributed by atoms with van der Waals surface area (Å²) in [4.78, 5) is 25.3. The molecule has 0 aromatic carbocycles. The van der Waals surface area contributed by atoms with Gasteiger partial charge in [-0.2, -0.15) is 0 Å². The van der Waals surface area contributed by atoms with E-state index < -0.39 is 12.0 Å². The number of carbonyl (C=O) groups excluding carboxylic acids is 1. The molecule has 1 aliphatic carbocycles. The molecule has 0 aromatic rings. The average Bonchev–Trinajstić information content (AvgIpc) is 2.72. The SMILES string of the molecule is CC1CCCCC1CNC(=O)N1CCCCCC1C(=O)O. The van der Waals surface area contributed by atoms with Gasteiger partial charge in [-0.05, 0) is 31.1 Å². The van der Waals surface area contributed by atoms with Gasteiger partial charge in [0.25, 0.3) is 0 Å². The van der Waals surface area contributed by atoms with Crippen LogP contribution in [0.4, 0.5) is 4.79 Å². The largest absolute Gasteiger partial charge is 0.480 e. The minimum atomic E-state index is -0.877. The Labute approximate surface area is 127 Å². The van der Waals surface area contributed by atoms with Gasteiger partial charge in [0, 0.05) is 13.1 Å². The number of likely N-dealkylation sites (tertiary alicyclic amines) is 1. The molecule has 1 saturated carbocycles. The molecule has 3 atom stereocenters. The Morgan fingerprint density at radius 2 is 1.81 bits per heavy atom. The molecule has 1 saturated heterocycles. The first kappa shape index (κ1) is 16.1. The van der Waals surface area contributed by atoms with Gasteiger partial charge in [0.15, 0.2) is 0 Å². The van der Waals surface area contributed by atoms with E-state index in [0.717, 1.165) is 19.3 Å². The fraction of sp³-hybridized carbons (Fsp3) is 0.875. The highest BCUT2D eigenvalue weighted by atomic mass is 16.4. The number of aliphatic carboxylic acids is 1. The molecule has 120 valence electrons. The number of carboxylic acid groups (broad SMARTS) is 1. The Balaban J connectivity index is 1.89. The lowest BCUT2D eigenvalue weighted by Crippen LogP contribution is -2.50. The molecule has 21 heavy (non-hydrogen) atoms. The molecule has 2 rings (SSSR count). The predicted octanol–water partition coefficient (Wildman–Crippen LogP) is 2.85. The first-order valence-electron chi connectivity index (χ1n) is 8.37. The van der Waals surface area contributed by atoms with Crippen LogP contribution in [0.25, 0.3) is 0 Å². The zero-order valence-electron chi connectivity index (χ0n) is 13.0. The fourth-order valence-corrected chi connectivity index (χ4v) is 3.62. The van der Waals surface area contributed by atoms with Crippen LogP contribution in [-0.2, 0) is 4.79 Å². The number of carboxylic acids is 1. The molecule has 3 unspecified atom stereocenters. The molecule has 5 nitrogen and oxygen atoms in total. The van der Waals surface area contributed by atoms with Crippen LogP contribution in [-0.4, -0.2) is 41.1 Å². The van der Waals surface area contributed by atoms with Crippen molar-refractivity contribution in [2.45, 2.75) is 64.3 Å². The number of rotatable bonds is 3. The van der Waals surface area contributed by atoms with Crippen LogP contribution >= 0.6 is 0 Å². The van der Waals surface area contributed by atoms with Crippen molar-refractivity contribution >= 4 is 12.0 Å². The Kier molecular flexibility index (Phi) is 5.88. The van der Waals surface area contributed by atoms with Crippen LogP contribution in [0.5, 0.6) is 0 Å². The summed E-state index contributed by atoms with van der Waals surface area (Å²) in [5.41, 5.74) is 0. The number of urea groups is 1. The normalized spacial score (nSPS) is 30.5. The number of carbonyl (C=O) groups is 2. The molecule has 5 heteroatoms. The maximum atomic E-state index is 12.4. The summed E-state index contributed by atoms with van der Waals surface area (Å²) in [7, 11) is 0. The van der Waals surface area contributed by atoms with Crippen LogP contribution in [0.2, 0.25) is 0 Å². The van der Waals surface area contributed by atoms with Crippen molar-refractivity contribution in [3.05, 3.63) is 0 Å². The van der Waals surface area contributed by atoms with Gasteiger partial charge in [0.1, 0.15) is 6.04 Å². The van der Waals surface area contributed by atoms with E-state index in [1.165, 1.54) is 30.6 Å². The third-order valence-corrected chi connectivity index (χ3v) is 5.10. The van der Waals surface area contributed by atoms with Gasteiger partial charge in [-0.15, -0.1) is 0 Å². The van der Waals surface area contributed by atoms with Gasteiger partial charge in [0.2, 0.25) is 0 Å². The molecule has 0 radical (unpaired) electrons. The van der Waals surface area contributed by atoms with Gasteiger partial charge in [-0.25, -0.2) is 9.59 Å². The summed E-state index contributed by atoms with van der Waals surface area (Å²) in [5, 5.41) is 12.3. The maximum absolute atomic E-state index is 12.4. The molecule has 2 fully saturated rings. The predicted molar refractivity (Wildman–Crippen MR) is 81.1 cm³/mol. The van der Waals surface area contributed by atoms with E-state index in [1.807, 2.05) is 0 Å². The smallest absolute Gasteiger partial charge is 0.326 e. The van der Waals surface area contributed by atoms with Gasteiger partial charge >= 0.3 is 12.0 Å². The van der Waals surface area contributed by atoms with Crippen LogP contribution in [0.15, 0.2) is 0 Å². The van der Waals surface area contributed by atoms with E-state index in [2.05, 4.69) is 12.2 Å². The van der Waals surface area contributed by atoms with E-state index in [-0.39, 0.29) is 6.03 Å². The van der Waals surface area contributed by atoms with Gasteiger partial charge in [0.05, 0.1) is 0 Å². The molecular formula is C16H28N2O3. The monoisotopic (exact) mass is 296 g/mol. The second-order valence-corrected chi connectivity index (χ2v) is 6.60. The number of nitrogens with zero attached hydrogens (tertiary/aromatic N) is 1. The maximum Gasteiger partial charge on any atom is 0.326 e. The summed E-state index contributed by atoms with van der Waals surface area (Å²) in [6.07, 6.45) is 8.31. The average molecular weight is 296 g/mol. The van der Waals surface area contributed by atoms with E-state index in [9.17, 15) is 14.7 Å². The zero-order valence-corrected chi connectivity index (χ0v) is 13.0. The van der Waals surface area contributed by atoms with Crippen molar-refractivity contribution in [3.63, 3.8) is 0 Å². The molecule has 0 bridgehead atoms. The van der Waals surface area contributed by atoms with Crippen LogP contribution in [0.1, 0.15) is 58.3 Å². The van der Waals surface area contributed by atoms with E-state index in [1.54, 1.807) is 0 Å². The van der Waals surface area contributed by atoms with E-state index in [0.29, 0.717) is 31.3 Å². The first-order valence-corrected chi connectivity index (χ1v) is 8.37. The molecule has 2 amide bonds. The Morgan fingerprint density at radius 1 is 1.10 bits per heavy atom. The van der Waals surface area contributed by atoms with Crippen molar-refractivity contribution < 1.29 is 14.7 Å². The molecule has 1 aliphatic heterocycles. The van der Waals surface area contributed by atoms with Gasteiger partial charge in [-0.3, -0.25) is 0 Å². The second kappa shape index (κ2) is 7.66. The van der Waals surface area contributed by atoms with Crippen molar-refractivity contribution in [3.8, 4) is 0 Å². The van der Waals surface area contributed by atoms with Crippen molar-refractivity contribution in [1.82, 2.24) is 10.2 Å². The Bertz CT molecular complexity index is 373. The highest BCUT2D eigenvalue weighted by Gasteiger charge is 2.31. The Hall–Kier alpha value is -1.26. The second-order valence-electron chi connectivity index (χ2n) is 6.60. The highest BCUT2D eigenvalue weighted by molar-refractivity contribution is 5.82. The number of hydrogen-bond acceptors (Lipinski definition) is 2. The number of amides is 2. The van der Waals surface area contributed by atoms with Crippen molar-refractivity contribution in [2.75, 3.05) is 13.1 Å². The summed E-state index contributed by atoms with van der Waals surface area (Å²) in [6.45, 7) is 3.49. The lowest BCUT2D eigenvalue weighted by molar-refractivity contribution is -0.142. The summed E-state index contributed by atoms with van der Waals surface area (Å²) in [5.74, 6) is 0.314. The minimum absolute atomic E-state index is 0.193. The Morgan fingerprint density at radius 3 is 2.52 bits per heavy atom. The molecular weight excluding hydrogens is 268 g/mol. The minimum Gasteiger partial charge on any atom is -0.480 e. The van der Waals surface area contributed by atoms with E-state index >= 15 is 0 Å². The standard InChI is InChI=1S/C16H28N2O3/c1-12-7-4-5-8-13(12)11-17-16(21)18-10-6-2-3-9-14(18)15(19)20/h12-14H,2-11H2,1H3,(H,17,21)(H,19,20). The number of nitrogens with one attached hydrogen (secondary N) is 1. The van der Waals surface area contributed by atoms with Gasteiger partial charge in [-0.1, -0.05) is 39.0 Å². The summed E-state index contributed by atoms with van der Waals surface area (Å²) < 4.78 is 0. The molecule has 1 heterocycles. The first-order chi connectivity index (χ1) is 10.1. The summed E-state index contributed by atoms with van der Waals surface area (Å²) in [6, 6.07) is -0.849.